The van der Waals surface area contributed by atoms with Crippen molar-refractivity contribution in [3.63, 3.8) is 0 Å². The smallest absolute Gasteiger partial charge is 0.408 e. The number of allylic oxidation sites excluding steroid dienone is 1. The number of alkyl carbamates (subject to hydrolysis) is 1. The van der Waals surface area contributed by atoms with Crippen LogP contribution in [-0.4, -0.2) is 89.3 Å². The summed E-state index contributed by atoms with van der Waals surface area (Å²) >= 11 is 6.72. The third-order valence-electron chi connectivity index (χ3n) is 12.0. The van der Waals surface area contributed by atoms with Crippen molar-refractivity contribution in [1.29, 1.82) is 0 Å². The van der Waals surface area contributed by atoms with Gasteiger partial charge in [-0.15, -0.1) is 0 Å². The van der Waals surface area contributed by atoms with Gasteiger partial charge in [0.2, 0.25) is 21.8 Å². The van der Waals surface area contributed by atoms with E-state index in [1.165, 1.54) is 37.1 Å². The number of methoxy groups -OCH3 is 1. The van der Waals surface area contributed by atoms with Crippen LogP contribution in [0.15, 0.2) is 36.4 Å². The molecule has 59 heavy (non-hydrogen) atoms. The molecule has 2 aliphatic carbocycles. The van der Waals surface area contributed by atoms with Crippen molar-refractivity contribution in [1.82, 2.24) is 25.2 Å². The summed E-state index contributed by atoms with van der Waals surface area (Å²) < 4.78 is 74.8. The molecule has 5 atom stereocenters. The summed E-state index contributed by atoms with van der Waals surface area (Å²) in [7, 11) is -2.69. The maximum atomic E-state index is 14.8. The number of alkyl halides is 2. The molecular formula is C41H50ClF2N5O9S. The van der Waals surface area contributed by atoms with Gasteiger partial charge in [0.1, 0.15) is 40.3 Å². The van der Waals surface area contributed by atoms with E-state index in [9.17, 15) is 36.4 Å². The lowest BCUT2D eigenvalue weighted by Crippen LogP contribution is -2.67. The Labute approximate surface area is 346 Å². The highest BCUT2D eigenvalue weighted by molar-refractivity contribution is 7.91. The van der Waals surface area contributed by atoms with Gasteiger partial charge in [-0.2, -0.15) is 0 Å². The Kier molecular flexibility index (Phi) is 11.2. The number of halogens is 3. The van der Waals surface area contributed by atoms with Crippen LogP contribution in [0.5, 0.6) is 11.5 Å². The largest absolute Gasteiger partial charge is 0.495 e. The number of nitrogens with zero attached hydrogens (tertiary/aromatic N) is 2. The number of fused-ring (bicyclic) bond motifs is 5. The van der Waals surface area contributed by atoms with Crippen molar-refractivity contribution in [2.75, 3.05) is 13.7 Å². The van der Waals surface area contributed by atoms with Gasteiger partial charge in [-0.3, -0.25) is 19.1 Å². The Balaban J connectivity index is 1.29. The fourth-order valence-corrected chi connectivity index (χ4v) is 10.00. The first-order chi connectivity index (χ1) is 27.7. The van der Waals surface area contributed by atoms with Crippen LogP contribution in [0.2, 0.25) is 5.02 Å². The molecule has 7 rings (SSSR count). The van der Waals surface area contributed by atoms with E-state index in [0.29, 0.717) is 55.2 Å². The second kappa shape index (κ2) is 15.5. The van der Waals surface area contributed by atoms with Gasteiger partial charge in [-0.1, -0.05) is 48.7 Å². The number of rotatable bonds is 6. The standard InChI is InChI=1S/C41H50ClF2N5O9S/c1-38(2,3)58-37(53)46-26-12-10-8-6-7-9-11-23-15-18-41(23,36(52)48-59(54,55)39(4)19-20-39)47-34(50)27-21-40(22-49(27)35(26)51)17-16-24-29-25(13-14-28(56-5)30(29)42)45-31(33(43)44)32(24)57-40/h9,11,13-15,18,23,26-27,33H,6-8,10,12,16-17,19-22H2,1-5H3,(H,46,53)(H,47,50)(H,48,52). The summed E-state index contributed by atoms with van der Waals surface area (Å²) in [4.78, 5) is 62.3. The van der Waals surface area contributed by atoms with Crippen LogP contribution in [0.25, 0.3) is 10.9 Å². The van der Waals surface area contributed by atoms with Crippen LogP contribution in [0.3, 0.4) is 0 Å². The molecule has 0 radical (unpaired) electrons. The Morgan fingerprint density at radius 3 is 2.51 bits per heavy atom. The SMILES string of the molecule is COc1ccc2nc(C(F)F)c3c(c2c1Cl)CCC1(CC2C(=O)NC4(C(=O)NS(=O)(=O)C5(C)CC5)C=CC4C=CCCCCCC(NC(=O)OC(C)(C)C)C(=O)N2C1)O3. The molecule has 1 saturated carbocycles. The molecule has 320 valence electrons. The Bertz CT molecular complexity index is 2240. The second-order valence-electron chi connectivity index (χ2n) is 17.4. The van der Waals surface area contributed by atoms with E-state index in [4.69, 9.17) is 25.8 Å². The maximum absolute atomic E-state index is 14.8. The highest BCUT2D eigenvalue weighted by Crippen LogP contribution is 2.49. The average Bonchev–Trinajstić information content (AvgIpc) is 3.82. The zero-order valence-corrected chi connectivity index (χ0v) is 35.2. The molecule has 3 aliphatic heterocycles. The van der Waals surface area contributed by atoms with Crippen LogP contribution in [0, 0.1) is 5.92 Å². The van der Waals surface area contributed by atoms with Crippen molar-refractivity contribution in [3.8, 4) is 11.5 Å². The Hall–Kier alpha value is -4.51. The number of carbonyl (C=O) groups excluding carboxylic acids is 4. The van der Waals surface area contributed by atoms with Crippen molar-refractivity contribution < 1.29 is 50.6 Å². The van der Waals surface area contributed by atoms with Gasteiger partial charge >= 0.3 is 6.09 Å². The van der Waals surface area contributed by atoms with Crippen LogP contribution in [-0.2, 0) is 35.6 Å². The number of aromatic nitrogens is 1. The number of carbonyl (C=O) groups is 4. The average molecular weight is 862 g/mol. The van der Waals surface area contributed by atoms with Gasteiger partial charge in [0.05, 0.1) is 28.9 Å². The molecule has 4 heterocycles. The number of pyridine rings is 1. The minimum absolute atomic E-state index is 0.148. The predicted octanol–water partition coefficient (Wildman–Crippen LogP) is 5.95. The highest BCUT2D eigenvalue weighted by atomic mass is 35.5. The third-order valence-corrected chi connectivity index (χ3v) is 14.6. The number of benzene rings is 1. The summed E-state index contributed by atoms with van der Waals surface area (Å²) in [6.07, 6.45) is 6.35. The van der Waals surface area contributed by atoms with Crippen LogP contribution in [0.4, 0.5) is 13.6 Å². The normalized spacial score (nSPS) is 27.9. The van der Waals surface area contributed by atoms with Crippen LogP contribution >= 0.6 is 11.6 Å². The van der Waals surface area contributed by atoms with Crippen LogP contribution < -0.4 is 24.8 Å². The Morgan fingerprint density at radius 2 is 1.86 bits per heavy atom. The first kappa shape index (κ1) is 42.6. The molecule has 3 N–H and O–H groups in total. The molecule has 1 spiro atoms. The van der Waals surface area contributed by atoms with E-state index in [2.05, 4.69) is 20.3 Å². The molecule has 5 unspecified atom stereocenters. The quantitative estimate of drug-likeness (QED) is 0.294. The number of sulfonamides is 1. The maximum Gasteiger partial charge on any atom is 0.408 e. The summed E-state index contributed by atoms with van der Waals surface area (Å²) in [6, 6.07) is 0.553. The summed E-state index contributed by atoms with van der Waals surface area (Å²) in [6.45, 7) is 6.33. The van der Waals surface area contributed by atoms with Crippen molar-refractivity contribution >= 4 is 56.3 Å². The van der Waals surface area contributed by atoms with E-state index < -0.39 is 85.4 Å². The zero-order valence-electron chi connectivity index (χ0n) is 33.7. The minimum Gasteiger partial charge on any atom is -0.495 e. The molecule has 18 heteroatoms. The second-order valence-corrected chi connectivity index (χ2v) is 20.0. The first-order valence-corrected chi connectivity index (χ1v) is 21.8. The third kappa shape index (κ3) is 8.08. The predicted molar refractivity (Wildman–Crippen MR) is 214 cm³/mol. The van der Waals surface area contributed by atoms with E-state index in [1.807, 2.05) is 6.08 Å². The molecular weight excluding hydrogens is 812 g/mol. The fraction of sp³-hybridized carbons (Fsp3) is 0.585. The number of nitrogens with one attached hydrogen (secondary N) is 3. The van der Waals surface area contributed by atoms with Gasteiger partial charge in [0.25, 0.3) is 12.3 Å². The topological polar surface area (TPSA) is 182 Å². The molecule has 5 aliphatic rings. The molecule has 1 saturated heterocycles. The molecule has 14 nitrogen and oxygen atoms in total. The van der Waals surface area contributed by atoms with E-state index >= 15 is 0 Å². The van der Waals surface area contributed by atoms with Gasteiger partial charge in [-0.05, 0) is 84.8 Å². The molecule has 0 bridgehead atoms. The number of aryl methyl sites for hydroxylation is 1. The molecule has 1 aromatic heterocycles. The lowest BCUT2D eigenvalue weighted by atomic mass is 9.73. The van der Waals surface area contributed by atoms with Gasteiger partial charge < -0.3 is 29.7 Å². The van der Waals surface area contributed by atoms with Crippen molar-refractivity contribution in [2.45, 2.75) is 132 Å². The van der Waals surface area contributed by atoms with Gasteiger partial charge in [0.15, 0.2) is 5.75 Å². The summed E-state index contributed by atoms with van der Waals surface area (Å²) in [5.74, 6) is -3.03. The molecule has 4 amide bonds. The van der Waals surface area contributed by atoms with Crippen molar-refractivity contribution in [2.24, 2.45) is 5.92 Å². The van der Waals surface area contributed by atoms with Gasteiger partial charge in [0, 0.05) is 23.3 Å². The van der Waals surface area contributed by atoms with E-state index in [0.717, 1.165) is 0 Å². The first-order valence-electron chi connectivity index (χ1n) is 19.9. The molecule has 2 fully saturated rings. The molecule has 1 aromatic carbocycles. The fourth-order valence-electron chi connectivity index (χ4n) is 8.35. The lowest BCUT2D eigenvalue weighted by Gasteiger charge is -2.42. The Morgan fingerprint density at radius 1 is 1.12 bits per heavy atom. The number of hydrogen-bond acceptors (Lipinski definition) is 10. The zero-order chi connectivity index (χ0) is 42.7. The van der Waals surface area contributed by atoms with Crippen LogP contribution in [0.1, 0.15) is 103 Å². The highest BCUT2D eigenvalue weighted by Gasteiger charge is 2.58. The van der Waals surface area contributed by atoms with E-state index in [-0.39, 0.29) is 48.5 Å². The lowest BCUT2D eigenvalue weighted by molar-refractivity contribution is -0.142. The molecule has 2 aromatic rings. The van der Waals surface area contributed by atoms with Gasteiger partial charge in [-0.25, -0.2) is 27.0 Å². The number of hydrogen-bond donors (Lipinski definition) is 3. The number of ether oxygens (including phenoxy) is 3. The summed E-state index contributed by atoms with van der Waals surface area (Å²) in [5, 5.41) is 6.05. The minimum atomic E-state index is -4.12. The number of amides is 4. The summed E-state index contributed by atoms with van der Waals surface area (Å²) in [5.41, 5.74) is -4.18. The van der Waals surface area contributed by atoms with Crippen molar-refractivity contribution in [3.05, 3.63) is 52.7 Å². The van der Waals surface area contributed by atoms with E-state index in [1.54, 1.807) is 32.9 Å². The monoisotopic (exact) mass is 861 g/mol.